The summed E-state index contributed by atoms with van der Waals surface area (Å²) in [7, 11) is 3.00. The van der Waals surface area contributed by atoms with Crippen LogP contribution >= 0.6 is 15.9 Å². The topological polar surface area (TPSA) is 33.7 Å². The van der Waals surface area contributed by atoms with Gasteiger partial charge in [0.05, 0.1) is 18.7 Å². The lowest BCUT2D eigenvalue weighted by molar-refractivity contribution is 0.0169. The van der Waals surface area contributed by atoms with Crippen molar-refractivity contribution < 1.29 is 18.3 Å². The van der Waals surface area contributed by atoms with Crippen LogP contribution in [-0.4, -0.2) is 51.7 Å². The van der Waals surface area contributed by atoms with E-state index in [-0.39, 0.29) is 0 Å². The Bertz CT molecular complexity index is 482. The molecule has 1 fully saturated rings. The van der Waals surface area contributed by atoms with Crippen molar-refractivity contribution in [1.82, 2.24) is 10.2 Å². The molecule has 4 nitrogen and oxygen atoms in total. The van der Waals surface area contributed by atoms with Crippen molar-refractivity contribution in [2.75, 3.05) is 40.4 Å². The molecule has 0 bridgehead atoms. The molecule has 0 radical (unpaired) electrons. The quantitative estimate of drug-likeness (QED) is 0.870. The van der Waals surface area contributed by atoms with E-state index in [0.717, 1.165) is 0 Å². The zero-order chi connectivity index (χ0) is 15.4. The molecule has 0 unspecified atom stereocenters. The number of hydrogen-bond donors (Lipinski definition) is 1. The van der Waals surface area contributed by atoms with E-state index in [1.54, 1.807) is 17.0 Å². The molecule has 1 aromatic rings. The summed E-state index contributed by atoms with van der Waals surface area (Å²) >= 11 is 3.35. The second-order valence-corrected chi connectivity index (χ2v) is 5.65. The van der Waals surface area contributed by atoms with Crippen LogP contribution in [0.5, 0.6) is 11.5 Å². The van der Waals surface area contributed by atoms with Gasteiger partial charge >= 0.3 is 0 Å². The molecule has 2 rings (SSSR count). The van der Waals surface area contributed by atoms with Gasteiger partial charge in [-0.2, -0.15) is 0 Å². The highest BCUT2D eigenvalue weighted by Crippen LogP contribution is 2.40. The average Bonchev–Trinajstić information content (AvgIpc) is 2.49. The molecule has 1 aromatic carbocycles. The molecule has 0 aliphatic carbocycles. The van der Waals surface area contributed by atoms with Crippen molar-refractivity contribution in [3.63, 3.8) is 0 Å². The lowest BCUT2D eigenvalue weighted by atomic mass is 10.0. The number of nitrogens with one attached hydrogen (secondary N) is 1. The minimum absolute atomic E-state index is 0.437. The first-order valence-electron chi connectivity index (χ1n) is 6.72. The Balaban J connectivity index is 2.42. The summed E-state index contributed by atoms with van der Waals surface area (Å²) in [4.78, 5) is 1.78. The van der Waals surface area contributed by atoms with Gasteiger partial charge in [0.2, 0.25) is 0 Å². The summed E-state index contributed by atoms with van der Waals surface area (Å²) in [5.74, 6) is 0.957. The molecule has 1 N–H and O–H groups in total. The van der Waals surface area contributed by atoms with E-state index in [1.807, 2.05) is 0 Å². The Hall–Kier alpha value is -0.920. The molecule has 0 spiro atoms. The zero-order valence-corrected chi connectivity index (χ0v) is 13.6. The van der Waals surface area contributed by atoms with Gasteiger partial charge < -0.3 is 14.8 Å². The van der Waals surface area contributed by atoms with Crippen molar-refractivity contribution in [1.29, 1.82) is 0 Å². The minimum atomic E-state index is -2.50. The van der Waals surface area contributed by atoms with E-state index in [0.29, 0.717) is 47.7 Å². The lowest BCUT2D eigenvalue weighted by Crippen LogP contribution is -2.47. The van der Waals surface area contributed by atoms with Crippen LogP contribution in [0.2, 0.25) is 0 Å². The SMILES string of the molecule is COc1cc([C@H](C(F)F)N2CCNCC2)c(OC)cc1Br. The van der Waals surface area contributed by atoms with Crippen LogP contribution in [0.4, 0.5) is 8.78 Å². The number of alkyl halides is 2. The molecule has 1 aliphatic heterocycles. The molecule has 1 atom stereocenters. The van der Waals surface area contributed by atoms with E-state index in [4.69, 9.17) is 9.47 Å². The standard InChI is InChI=1S/C14H19BrF2N2O2/c1-20-11-8-10(15)12(21-2)7-9(11)13(14(16)17)19-5-3-18-4-6-19/h7-8,13-14,18H,3-6H2,1-2H3/t13-/m1/s1. The van der Waals surface area contributed by atoms with E-state index in [1.165, 1.54) is 14.2 Å². The van der Waals surface area contributed by atoms with Crippen LogP contribution in [0.1, 0.15) is 11.6 Å². The number of methoxy groups -OCH3 is 2. The summed E-state index contributed by atoms with van der Waals surface area (Å²) in [5, 5.41) is 3.17. The fourth-order valence-corrected chi connectivity index (χ4v) is 3.05. The van der Waals surface area contributed by atoms with Gasteiger partial charge in [-0.05, 0) is 28.1 Å². The molecule has 0 saturated carbocycles. The van der Waals surface area contributed by atoms with E-state index in [9.17, 15) is 8.78 Å². The Labute approximate surface area is 131 Å². The molecule has 0 amide bonds. The number of benzene rings is 1. The summed E-state index contributed by atoms with van der Waals surface area (Å²) in [6, 6.07) is 2.30. The lowest BCUT2D eigenvalue weighted by Gasteiger charge is -2.35. The molecule has 1 heterocycles. The van der Waals surface area contributed by atoms with Gasteiger partial charge in [-0.15, -0.1) is 0 Å². The minimum Gasteiger partial charge on any atom is -0.496 e. The summed E-state index contributed by atoms with van der Waals surface area (Å²) in [6.07, 6.45) is -2.50. The van der Waals surface area contributed by atoms with Crippen molar-refractivity contribution in [2.24, 2.45) is 0 Å². The van der Waals surface area contributed by atoms with Crippen LogP contribution in [-0.2, 0) is 0 Å². The molecule has 7 heteroatoms. The van der Waals surface area contributed by atoms with Crippen LogP contribution < -0.4 is 14.8 Å². The summed E-state index contributed by atoms with van der Waals surface area (Å²) < 4.78 is 38.5. The van der Waals surface area contributed by atoms with E-state index >= 15 is 0 Å². The third-order valence-electron chi connectivity index (χ3n) is 3.61. The molecule has 21 heavy (non-hydrogen) atoms. The van der Waals surface area contributed by atoms with Crippen molar-refractivity contribution in [3.05, 3.63) is 22.2 Å². The Morgan fingerprint density at radius 2 is 1.76 bits per heavy atom. The first-order valence-corrected chi connectivity index (χ1v) is 7.52. The van der Waals surface area contributed by atoms with E-state index in [2.05, 4.69) is 21.2 Å². The second kappa shape index (κ2) is 7.38. The molecule has 0 aromatic heterocycles. The third kappa shape index (κ3) is 3.64. The maximum atomic E-state index is 13.7. The molecule has 1 saturated heterocycles. The largest absolute Gasteiger partial charge is 0.496 e. The highest BCUT2D eigenvalue weighted by molar-refractivity contribution is 9.10. The first-order chi connectivity index (χ1) is 10.1. The Morgan fingerprint density at radius 1 is 1.14 bits per heavy atom. The highest BCUT2D eigenvalue weighted by Gasteiger charge is 2.33. The Morgan fingerprint density at radius 3 is 2.29 bits per heavy atom. The Kier molecular flexibility index (Phi) is 5.78. The zero-order valence-electron chi connectivity index (χ0n) is 12.0. The van der Waals surface area contributed by atoms with Gasteiger partial charge in [-0.25, -0.2) is 8.78 Å². The molecular weight excluding hydrogens is 346 g/mol. The first kappa shape index (κ1) is 16.5. The van der Waals surface area contributed by atoms with Gasteiger partial charge in [0.1, 0.15) is 17.5 Å². The van der Waals surface area contributed by atoms with Crippen LogP contribution in [0.3, 0.4) is 0 Å². The maximum Gasteiger partial charge on any atom is 0.258 e. The number of hydrogen-bond acceptors (Lipinski definition) is 4. The maximum absolute atomic E-state index is 13.7. The smallest absolute Gasteiger partial charge is 0.258 e. The predicted octanol–water partition coefficient (Wildman–Crippen LogP) is 2.68. The van der Waals surface area contributed by atoms with E-state index < -0.39 is 12.5 Å². The van der Waals surface area contributed by atoms with Crippen LogP contribution in [0.25, 0.3) is 0 Å². The number of halogens is 3. The fourth-order valence-electron chi connectivity index (χ4n) is 2.57. The number of rotatable bonds is 5. The van der Waals surface area contributed by atoms with Crippen LogP contribution in [0.15, 0.2) is 16.6 Å². The van der Waals surface area contributed by atoms with Crippen LogP contribution in [0, 0.1) is 0 Å². The van der Waals surface area contributed by atoms with Gasteiger partial charge in [0.15, 0.2) is 0 Å². The third-order valence-corrected chi connectivity index (χ3v) is 4.23. The summed E-state index contributed by atoms with van der Waals surface area (Å²) in [6.45, 7) is 2.57. The second-order valence-electron chi connectivity index (χ2n) is 4.79. The average molecular weight is 365 g/mol. The van der Waals surface area contributed by atoms with Gasteiger partial charge in [-0.3, -0.25) is 4.90 Å². The monoisotopic (exact) mass is 364 g/mol. The number of nitrogens with zero attached hydrogens (tertiary/aromatic N) is 1. The van der Waals surface area contributed by atoms with Crippen molar-refractivity contribution in [2.45, 2.75) is 12.5 Å². The normalized spacial score (nSPS) is 17.8. The highest BCUT2D eigenvalue weighted by atomic mass is 79.9. The predicted molar refractivity (Wildman–Crippen MR) is 80.4 cm³/mol. The molecule has 118 valence electrons. The molecule has 1 aliphatic rings. The molecular formula is C14H19BrF2N2O2. The summed E-state index contributed by atoms with van der Waals surface area (Å²) in [5.41, 5.74) is 0.453. The van der Waals surface area contributed by atoms with Gasteiger partial charge in [0.25, 0.3) is 6.43 Å². The van der Waals surface area contributed by atoms with Crippen molar-refractivity contribution >= 4 is 15.9 Å². The van der Waals surface area contributed by atoms with Gasteiger partial charge in [0, 0.05) is 31.7 Å². The van der Waals surface area contributed by atoms with Gasteiger partial charge in [-0.1, -0.05) is 0 Å². The number of ether oxygens (including phenoxy) is 2. The van der Waals surface area contributed by atoms with Crippen molar-refractivity contribution in [3.8, 4) is 11.5 Å². The fraction of sp³-hybridized carbons (Fsp3) is 0.571. The number of piperazine rings is 1.